The largest absolute Gasteiger partial charge is 0.103 e. The van der Waals surface area contributed by atoms with Gasteiger partial charge in [0.25, 0.3) is 0 Å². The summed E-state index contributed by atoms with van der Waals surface area (Å²) in [4.78, 5) is 0. The van der Waals surface area contributed by atoms with E-state index in [1.165, 1.54) is 5.57 Å². The first-order chi connectivity index (χ1) is 3.77. The Morgan fingerprint density at radius 1 is 1.38 bits per heavy atom. The van der Waals surface area contributed by atoms with Crippen LogP contribution in [0.5, 0.6) is 0 Å². The van der Waals surface area contributed by atoms with Crippen molar-refractivity contribution in [3.05, 3.63) is 24.3 Å². The molecular formula is C8H14. The van der Waals surface area contributed by atoms with E-state index in [1.54, 1.807) is 0 Å². The summed E-state index contributed by atoms with van der Waals surface area (Å²) in [5.41, 5.74) is 1.40. The molecule has 0 aromatic heterocycles. The molecule has 0 radical (unpaired) electrons. The van der Waals surface area contributed by atoms with Gasteiger partial charge in [0.1, 0.15) is 0 Å². The van der Waals surface area contributed by atoms with Gasteiger partial charge in [0, 0.05) is 0 Å². The van der Waals surface area contributed by atoms with Gasteiger partial charge in [0.15, 0.2) is 0 Å². The van der Waals surface area contributed by atoms with Crippen LogP contribution in [0.15, 0.2) is 24.3 Å². The minimum atomic E-state index is 1.10. The molecule has 0 saturated carbocycles. The number of unbranched alkanes of at least 4 members (excludes halogenated alkanes) is 1. The number of hydrogen-bond donors (Lipinski definition) is 0. The minimum Gasteiger partial charge on any atom is -0.103 e. The second kappa shape index (κ2) is 4.63. The van der Waals surface area contributed by atoms with E-state index in [2.05, 4.69) is 26.5 Å². The van der Waals surface area contributed by atoms with Crippen molar-refractivity contribution >= 4 is 0 Å². The molecule has 0 aliphatic carbocycles. The molecule has 0 spiro atoms. The second-order valence-corrected chi connectivity index (χ2v) is 2.15. The lowest BCUT2D eigenvalue weighted by Crippen LogP contribution is -1.65. The third-order valence-corrected chi connectivity index (χ3v) is 0.923. The van der Waals surface area contributed by atoms with E-state index < -0.39 is 0 Å². The Kier molecular flexibility index (Phi) is 4.33. The fourth-order valence-electron chi connectivity index (χ4n) is 0.490. The predicted octanol–water partition coefficient (Wildman–Crippen LogP) is 2.92. The summed E-state index contributed by atoms with van der Waals surface area (Å²) in [7, 11) is 0. The van der Waals surface area contributed by atoms with Crippen molar-refractivity contribution in [1.82, 2.24) is 0 Å². The topological polar surface area (TPSA) is 0 Å². The standard InChI is InChI=1S/C8H14/c1-4-5-6-7-8(2)3/h4,7H,1,5-6H2,2-3H3. The van der Waals surface area contributed by atoms with Gasteiger partial charge < -0.3 is 0 Å². The number of rotatable bonds is 3. The molecule has 0 fully saturated rings. The van der Waals surface area contributed by atoms with E-state index in [0.717, 1.165) is 12.8 Å². The SMILES string of the molecule is C=CCCC=C(C)C. The van der Waals surface area contributed by atoms with E-state index in [9.17, 15) is 0 Å². The molecule has 0 aliphatic heterocycles. The van der Waals surface area contributed by atoms with Crippen LogP contribution >= 0.6 is 0 Å². The molecule has 0 saturated heterocycles. The van der Waals surface area contributed by atoms with Gasteiger partial charge in [-0.25, -0.2) is 0 Å². The maximum absolute atomic E-state index is 3.63. The normalized spacial score (nSPS) is 8.25. The molecule has 0 heterocycles. The zero-order valence-corrected chi connectivity index (χ0v) is 5.78. The molecule has 0 unspecified atom stereocenters. The maximum atomic E-state index is 3.63. The highest BCUT2D eigenvalue weighted by Gasteiger charge is 1.75. The van der Waals surface area contributed by atoms with Crippen molar-refractivity contribution in [1.29, 1.82) is 0 Å². The highest BCUT2D eigenvalue weighted by atomic mass is 13.8. The summed E-state index contributed by atoms with van der Waals surface area (Å²) in [5.74, 6) is 0. The third kappa shape index (κ3) is 5.48. The monoisotopic (exact) mass is 110 g/mol. The summed E-state index contributed by atoms with van der Waals surface area (Å²) < 4.78 is 0. The molecule has 8 heavy (non-hydrogen) atoms. The van der Waals surface area contributed by atoms with Gasteiger partial charge in [-0.15, -0.1) is 6.58 Å². The molecular weight excluding hydrogens is 96.1 g/mol. The first-order valence-corrected chi connectivity index (χ1v) is 3.01. The van der Waals surface area contributed by atoms with E-state index in [4.69, 9.17) is 0 Å². The molecule has 46 valence electrons. The van der Waals surface area contributed by atoms with Gasteiger partial charge in [-0.3, -0.25) is 0 Å². The summed E-state index contributed by atoms with van der Waals surface area (Å²) >= 11 is 0. The molecule has 0 aromatic carbocycles. The first-order valence-electron chi connectivity index (χ1n) is 3.01. The Hall–Kier alpha value is -0.520. The summed E-state index contributed by atoms with van der Waals surface area (Å²) in [5, 5.41) is 0. The number of hydrogen-bond acceptors (Lipinski definition) is 0. The fourth-order valence-corrected chi connectivity index (χ4v) is 0.490. The van der Waals surface area contributed by atoms with Crippen LogP contribution < -0.4 is 0 Å². The Bertz CT molecular complexity index is 84.2. The zero-order chi connectivity index (χ0) is 6.41. The summed E-state index contributed by atoms with van der Waals surface area (Å²) in [6, 6.07) is 0. The van der Waals surface area contributed by atoms with Crippen LogP contribution in [0.25, 0.3) is 0 Å². The van der Waals surface area contributed by atoms with Crippen LogP contribution in [-0.2, 0) is 0 Å². The van der Waals surface area contributed by atoms with Crippen molar-refractivity contribution in [2.24, 2.45) is 0 Å². The molecule has 0 rings (SSSR count). The van der Waals surface area contributed by atoms with Gasteiger partial charge in [-0.2, -0.15) is 0 Å². The van der Waals surface area contributed by atoms with Crippen LogP contribution in [0.1, 0.15) is 26.7 Å². The molecule has 0 bridgehead atoms. The lowest BCUT2D eigenvalue weighted by molar-refractivity contribution is 1.04. The summed E-state index contributed by atoms with van der Waals surface area (Å²) in [6.45, 7) is 7.86. The van der Waals surface area contributed by atoms with Crippen molar-refractivity contribution in [2.45, 2.75) is 26.7 Å². The second-order valence-electron chi connectivity index (χ2n) is 2.15. The third-order valence-electron chi connectivity index (χ3n) is 0.923. The minimum absolute atomic E-state index is 1.10. The van der Waals surface area contributed by atoms with Crippen LogP contribution in [-0.4, -0.2) is 0 Å². The van der Waals surface area contributed by atoms with Crippen LogP contribution in [0, 0.1) is 0 Å². The Labute approximate surface area is 51.9 Å². The highest BCUT2D eigenvalue weighted by Crippen LogP contribution is 1.95. The average Bonchev–Trinajstić information content (AvgIpc) is 1.66. The van der Waals surface area contributed by atoms with Gasteiger partial charge in [0.2, 0.25) is 0 Å². The first kappa shape index (κ1) is 7.48. The van der Waals surface area contributed by atoms with Gasteiger partial charge >= 0.3 is 0 Å². The van der Waals surface area contributed by atoms with Crippen molar-refractivity contribution < 1.29 is 0 Å². The van der Waals surface area contributed by atoms with E-state index >= 15 is 0 Å². The lowest BCUT2D eigenvalue weighted by atomic mass is 10.2. The summed E-state index contributed by atoms with van der Waals surface area (Å²) in [6.07, 6.45) is 6.41. The number of allylic oxidation sites excluding steroid dienone is 3. The van der Waals surface area contributed by atoms with Crippen LogP contribution in [0.3, 0.4) is 0 Å². The Balaban J connectivity index is 3.15. The molecule has 0 atom stereocenters. The molecule has 0 amide bonds. The molecule has 0 aliphatic rings. The zero-order valence-electron chi connectivity index (χ0n) is 5.78. The molecule has 0 heteroatoms. The fraction of sp³-hybridized carbons (Fsp3) is 0.500. The van der Waals surface area contributed by atoms with Crippen molar-refractivity contribution in [3.63, 3.8) is 0 Å². The lowest BCUT2D eigenvalue weighted by Gasteiger charge is -1.86. The maximum Gasteiger partial charge on any atom is -0.0314 e. The smallest absolute Gasteiger partial charge is 0.0314 e. The predicted molar refractivity (Wildman–Crippen MR) is 38.9 cm³/mol. The molecule has 0 aromatic rings. The van der Waals surface area contributed by atoms with E-state index in [0.29, 0.717) is 0 Å². The van der Waals surface area contributed by atoms with E-state index in [-0.39, 0.29) is 0 Å². The molecule has 0 N–H and O–H groups in total. The van der Waals surface area contributed by atoms with Gasteiger partial charge in [-0.05, 0) is 26.7 Å². The average molecular weight is 110 g/mol. The Morgan fingerprint density at radius 2 is 2.00 bits per heavy atom. The Morgan fingerprint density at radius 3 is 2.38 bits per heavy atom. The van der Waals surface area contributed by atoms with Crippen molar-refractivity contribution in [3.8, 4) is 0 Å². The van der Waals surface area contributed by atoms with E-state index in [1.807, 2.05) is 6.08 Å². The van der Waals surface area contributed by atoms with Gasteiger partial charge in [-0.1, -0.05) is 17.7 Å². The van der Waals surface area contributed by atoms with Crippen LogP contribution in [0.2, 0.25) is 0 Å². The highest BCUT2D eigenvalue weighted by molar-refractivity contribution is 4.93. The quantitative estimate of drug-likeness (QED) is 0.387. The van der Waals surface area contributed by atoms with Crippen LogP contribution in [0.4, 0.5) is 0 Å². The van der Waals surface area contributed by atoms with Crippen molar-refractivity contribution in [2.75, 3.05) is 0 Å². The van der Waals surface area contributed by atoms with Gasteiger partial charge in [0.05, 0.1) is 0 Å². The molecule has 0 nitrogen and oxygen atoms in total.